The zero-order valence-electron chi connectivity index (χ0n) is 10.6. The Labute approximate surface area is 102 Å². The van der Waals surface area contributed by atoms with E-state index < -0.39 is 11.6 Å². The van der Waals surface area contributed by atoms with E-state index in [9.17, 15) is 14.7 Å². The summed E-state index contributed by atoms with van der Waals surface area (Å²) in [7, 11) is 0. The maximum atomic E-state index is 11.6. The molecular weight excluding hydrogens is 216 g/mol. The third-order valence-corrected chi connectivity index (χ3v) is 2.97. The second-order valence-electron chi connectivity index (χ2n) is 4.40. The van der Waals surface area contributed by atoms with E-state index in [1.54, 1.807) is 0 Å². The van der Waals surface area contributed by atoms with Gasteiger partial charge in [0.2, 0.25) is 11.6 Å². The molecule has 1 aliphatic rings. The van der Waals surface area contributed by atoms with Crippen LogP contribution in [0.4, 0.5) is 0 Å². The van der Waals surface area contributed by atoms with Gasteiger partial charge < -0.3 is 5.11 Å². The Morgan fingerprint density at radius 3 is 2.24 bits per heavy atom. The average Bonchev–Trinajstić information content (AvgIpc) is 2.32. The second kappa shape index (κ2) is 6.38. The van der Waals surface area contributed by atoms with Crippen molar-refractivity contribution in [1.29, 1.82) is 0 Å². The Morgan fingerprint density at radius 1 is 1.06 bits per heavy atom. The highest BCUT2D eigenvalue weighted by molar-refractivity contribution is 6.48. The van der Waals surface area contributed by atoms with Gasteiger partial charge in [0.1, 0.15) is 5.76 Å². The number of aliphatic hydroxyl groups is 1. The van der Waals surface area contributed by atoms with Gasteiger partial charge >= 0.3 is 0 Å². The summed E-state index contributed by atoms with van der Waals surface area (Å²) >= 11 is 0. The van der Waals surface area contributed by atoms with Crippen LogP contribution in [-0.2, 0) is 9.59 Å². The Balaban J connectivity index is 2.91. The number of Topliss-reactive ketones (excluding diaryl/α,β-unsaturated/α-hetero) is 1. The Hall–Kier alpha value is -1.38. The Morgan fingerprint density at radius 2 is 1.65 bits per heavy atom. The van der Waals surface area contributed by atoms with E-state index in [0.717, 1.165) is 25.7 Å². The zero-order chi connectivity index (χ0) is 12.8. The smallest absolute Gasteiger partial charge is 0.232 e. The van der Waals surface area contributed by atoms with E-state index in [4.69, 9.17) is 0 Å². The quantitative estimate of drug-likeness (QED) is 0.569. The molecular formula is C14H20O3. The number of hydrogen-bond acceptors (Lipinski definition) is 3. The van der Waals surface area contributed by atoms with Gasteiger partial charge in [-0.25, -0.2) is 0 Å². The van der Waals surface area contributed by atoms with Crippen LogP contribution < -0.4 is 0 Å². The maximum absolute atomic E-state index is 11.6. The number of carbonyl (C=O) groups excluding carboxylic acids is 2. The molecule has 0 atom stereocenters. The highest BCUT2D eigenvalue weighted by Crippen LogP contribution is 2.26. The van der Waals surface area contributed by atoms with Crippen molar-refractivity contribution in [3.05, 3.63) is 23.0 Å². The molecule has 0 saturated carbocycles. The van der Waals surface area contributed by atoms with Crippen LogP contribution >= 0.6 is 0 Å². The average molecular weight is 236 g/mol. The number of hydrogen-bond donors (Lipinski definition) is 1. The first-order chi connectivity index (χ1) is 8.11. The number of allylic oxidation sites excluding steroid dienone is 3. The van der Waals surface area contributed by atoms with Gasteiger partial charge in [-0.3, -0.25) is 9.59 Å². The third-order valence-electron chi connectivity index (χ3n) is 2.97. The van der Waals surface area contributed by atoms with Crippen molar-refractivity contribution >= 4 is 11.6 Å². The lowest BCUT2D eigenvalue weighted by Crippen LogP contribution is -2.21. The van der Waals surface area contributed by atoms with Gasteiger partial charge in [0.25, 0.3) is 0 Å². The summed E-state index contributed by atoms with van der Waals surface area (Å²) in [5, 5.41) is 10.0. The highest BCUT2D eigenvalue weighted by atomic mass is 16.3. The molecule has 0 radical (unpaired) electrons. The minimum Gasteiger partial charge on any atom is -0.507 e. The molecule has 0 saturated heterocycles. The first-order valence-electron chi connectivity index (χ1n) is 6.33. The van der Waals surface area contributed by atoms with Crippen LogP contribution in [0.1, 0.15) is 52.4 Å². The van der Waals surface area contributed by atoms with E-state index >= 15 is 0 Å². The first-order valence-corrected chi connectivity index (χ1v) is 6.33. The molecule has 0 aromatic rings. The minimum absolute atomic E-state index is 0.0523. The molecule has 0 amide bonds. The number of carbonyl (C=O) groups is 2. The number of ketones is 2. The molecule has 0 aromatic carbocycles. The van der Waals surface area contributed by atoms with Crippen molar-refractivity contribution in [1.82, 2.24) is 0 Å². The molecule has 1 rings (SSSR count). The van der Waals surface area contributed by atoms with Crippen LogP contribution in [0.25, 0.3) is 0 Å². The molecule has 1 N–H and O–H groups in total. The second-order valence-corrected chi connectivity index (χ2v) is 4.40. The first kappa shape index (κ1) is 13.7. The lowest BCUT2D eigenvalue weighted by Gasteiger charge is -2.15. The highest BCUT2D eigenvalue weighted by Gasteiger charge is 2.27. The van der Waals surface area contributed by atoms with E-state index in [1.165, 1.54) is 6.08 Å². The fraction of sp³-hybridized carbons (Fsp3) is 0.571. The Bertz CT molecular complexity index is 375. The molecule has 0 aromatic heterocycles. The largest absolute Gasteiger partial charge is 0.507 e. The topological polar surface area (TPSA) is 54.4 Å². The summed E-state index contributed by atoms with van der Waals surface area (Å²) in [5.41, 5.74) is 0.938. The molecule has 17 heavy (non-hydrogen) atoms. The van der Waals surface area contributed by atoms with Crippen molar-refractivity contribution < 1.29 is 14.7 Å². The van der Waals surface area contributed by atoms with E-state index in [1.807, 2.05) is 6.92 Å². The predicted molar refractivity (Wildman–Crippen MR) is 66.8 cm³/mol. The molecule has 0 fully saturated rings. The Kier molecular flexibility index (Phi) is 5.13. The summed E-state index contributed by atoms with van der Waals surface area (Å²) in [6, 6.07) is 0. The standard InChI is InChI=1S/C14H20O3/c1-3-5-7-10-9-12(15)14(17)11(13(10)16)8-6-4-2/h9,16H,3-8H2,1-2H3. The van der Waals surface area contributed by atoms with Gasteiger partial charge in [-0.2, -0.15) is 0 Å². The van der Waals surface area contributed by atoms with Crippen molar-refractivity contribution in [3.63, 3.8) is 0 Å². The molecule has 0 bridgehead atoms. The zero-order valence-corrected chi connectivity index (χ0v) is 10.6. The molecule has 1 aliphatic carbocycles. The van der Waals surface area contributed by atoms with Crippen molar-refractivity contribution in [2.24, 2.45) is 0 Å². The van der Waals surface area contributed by atoms with E-state index in [2.05, 4.69) is 6.92 Å². The van der Waals surface area contributed by atoms with Crippen LogP contribution in [0.3, 0.4) is 0 Å². The maximum Gasteiger partial charge on any atom is 0.232 e. The monoisotopic (exact) mass is 236 g/mol. The summed E-state index contributed by atoms with van der Waals surface area (Å²) < 4.78 is 0. The lowest BCUT2D eigenvalue weighted by atomic mass is 9.89. The van der Waals surface area contributed by atoms with Gasteiger partial charge in [-0.05, 0) is 37.3 Å². The molecule has 0 unspecified atom stereocenters. The predicted octanol–water partition coefficient (Wildman–Crippen LogP) is 3.26. The molecule has 0 spiro atoms. The van der Waals surface area contributed by atoms with E-state index in [-0.39, 0.29) is 5.76 Å². The molecule has 0 heterocycles. The van der Waals surface area contributed by atoms with Crippen molar-refractivity contribution in [2.75, 3.05) is 0 Å². The van der Waals surface area contributed by atoms with Gasteiger partial charge in [0, 0.05) is 5.57 Å². The summed E-state index contributed by atoms with van der Waals surface area (Å²) in [6.07, 6.45) is 6.12. The van der Waals surface area contributed by atoms with E-state index in [0.29, 0.717) is 24.0 Å². The number of unbranched alkanes of at least 4 members (excludes halogenated alkanes) is 2. The molecule has 3 nitrogen and oxygen atoms in total. The molecule has 0 aliphatic heterocycles. The van der Waals surface area contributed by atoms with Crippen LogP contribution in [0, 0.1) is 0 Å². The van der Waals surface area contributed by atoms with Crippen LogP contribution in [0.2, 0.25) is 0 Å². The SMILES string of the molecule is CCCCC1=CC(=O)C(=O)C(CCCC)=C1O. The third kappa shape index (κ3) is 3.29. The van der Waals surface area contributed by atoms with Gasteiger partial charge in [-0.1, -0.05) is 26.7 Å². The van der Waals surface area contributed by atoms with Crippen LogP contribution in [0.5, 0.6) is 0 Å². The summed E-state index contributed by atoms with van der Waals surface area (Å²) in [4.78, 5) is 23.2. The molecule has 3 heteroatoms. The summed E-state index contributed by atoms with van der Waals surface area (Å²) in [5.74, 6) is -0.965. The van der Waals surface area contributed by atoms with Crippen LogP contribution in [0.15, 0.2) is 23.0 Å². The minimum atomic E-state index is -0.531. The fourth-order valence-corrected chi connectivity index (χ4v) is 1.89. The van der Waals surface area contributed by atoms with Crippen LogP contribution in [-0.4, -0.2) is 16.7 Å². The number of aliphatic hydroxyl groups excluding tert-OH is 1. The number of rotatable bonds is 6. The van der Waals surface area contributed by atoms with Gasteiger partial charge in [0.15, 0.2) is 0 Å². The van der Waals surface area contributed by atoms with Gasteiger partial charge in [0.05, 0.1) is 0 Å². The molecule has 94 valence electrons. The lowest BCUT2D eigenvalue weighted by molar-refractivity contribution is -0.132. The fourth-order valence-electron chi connectivity index (χ4n) is 1.89. The normalized spacial score (nSPS) is 16.5. The van der Waals surface area contributed by atoms with Gasteiger partial charge in [-0.15, -0.1) is 0 Å². The van der Waals surface area contributed by atoms with Crippen molar-refractivity contribution in [3.8, 4) is 0 Å². The van der Waals surface area contributed by atoms with Crippen molar-refractivity contribution in [2.45, 2.75) is 52.4 Å². The summed E-state index contributed by atoms with van der Waals surface area (Å²) in [6.45, 7) is 4.07.